The van der Waals surface area contributed by atoms with Crippen LogP contribution in [0.4, 0.5) is 0 Å². The molecule has 1 heterocycles. The van der Waals surface area contributed by atoms with Crippen molar-refractivity contribution in [2.75, 3.05) is 39.4 Å². The molecule has 0 bridgehead atoms. The Labute approximate surface area is 94.2 Å². The molecule has 1 N–H and O–H groups in total. The van der Waals surface area contributed by atoms with Crippen LogP contribution in [-0.2, 0) is 4.74 Å². The van der Waals surface area contributed by atoms with E-state index in [9.17, 15) is 0 Å². The molecule has 15 heavy (non-hydrogen) atoms. The number of unbranched alkanes of at least 4 members (excludes halogenated alkanes) is 1. The molecule has 0 radical (unpaired) electrons. The zero-order valence-electron chi connectivity index (χ0n) is 10.3. The lowest BCUT2D eigenvalue weighted by Gasteiger charge is -2.35. The number of hydrogen-bond acceptors (Lipinski definition) is 3. The first-order valence-electron chi connectivity index (χ1n) is 6.41. The molecular weight excluding hydrogens is 188 g/mol. The number of piperazine rings is 1. The van der Waals surface area contributed by atoms with Crippen LogP contribution >= 0.6 is 0 Å². The first kappa shape index (κ1) is 12.9. The Morgan fingerprint density at radius 1 is 1.33 bits per heavy atom. The van der Waals surface area contributed by atoms with Crippen molar-refractivity contribution in [3.8, 4) is 0 Å². The molecule has 1 unspecified atom stereocenters. The lowest BCUT2D eigenvalue weighted by Crippen LogP contribution is -2.51. The molecule has 0 amide bonds. The summed E-state index contributed by atoms with van der Waals surface area (Å²) in [6.45, 7) is 10.8. The van der Waals surface area contributed by atoms with Gasteiger partial charge in [-0.3, -0.25) is 4.90 Å². The van der Waals surface area contributed by atoms with E-state index in [2.05, 4.69) is 24.1 Å². The lowest BCUT2D eigenvalue weighted by molar-refractivity contribution is 0.0744. The summed E-state index contributed by atoms with van der Waals surface area (Å²) in [5, 5.41) is 3.44. The van der Waals surface area contributed by atoms with Crippen molar-refractivity contribution in [2.45, 2.75) is 39.2 Å². The highest BCUT2D eigenvalue weighted by atomic mass is 16.5. The minimum Gasteiger partial charge on any atom is -0.380 e. The van der Waals surface area contributed by atoms with Crippen LogP contribution in [-0.4, -0.2) is 50.3 Å². The van der Waals surface area contributed by atoms with E-state index in [1.54, 1.807) is 0 Å². The quantitative estimate of drug-likeness (QED) is 0.650. The predicted molar refractivity (Wildman–Crippen MR) is 64.2 cm³/mol. The van der Waals surface area contributed by atoms with Gasteiger partial charge in [0.15, 0.2) is 0 Å². The average Bonchev–Trinajstić information content (AvgIpc) is 2.29. The van der Waals surface area contributed by atoms with E-state index in [0.29, 0.717) is 6.04 Å². The van der Waals surface area contributed by atoms with Gasteiger partial charge in [0.1, 0.15) is 0 Å². The van der Waals surface area contributed by atoms with Crippen LogP contribution in [0.1, 0.15) is 33.1 Å². The van der Waals surface area contributed by atoms with E-state index in [4.69, 9.17) is 4.74 Å². The second-order valence-electron chi connectivity index (χ2n) is 4.27. The van der Waals surface area contributed by atoms with Gasteiger partial charge >= 0.3 is 0 Å². The summed E-state index contributed by atoms with van der Waals surface area (Å²) in [4.78, 5) is 2.56. The van der Waals surface area contributed by atoms with Crippen LogP contribution in [0.25, 0.3) is 0 Å². The largest absolute Gasteiger partial charge is 0.380 e. The number of hydrogen-bond donors (Lipinski definition) is 1. The molecular formula is C12H26N2O. The summed E-state index contributed by atoms with van der Waals surface area (Å²) >= 11 is 0. The summed E-state index contributed by atoms with van der Waals surface area (Å²) in [5.74, 6) is 0. The molecule has 3 nitrogen and oxygen atoms in total. The van der Waals surface area contributed by atoms with Gasteiger partial charge in [-0.15, -0.1) is 0 Å². The number of ether oxygens (including phenoxy) is 1. The fraction of sp³-hybridized carbons (Fsp3) is 1.00. The fourth-order valence-corrected chi connectivity index (χ4v) is 2.03. The van der Waals surface area contributed by atoms with Gasteiger partial charge in [-0.1, -0.05) is 20.3 Å². The fourth-order valence-electron chi connectivity index (χ4n) is 2.03. The Balaban J connectivity index is 2.07. The number of nitrogens with zero attached hydrogens (tertiary/aromatic N) is 1. The Morgan fingerprint density at radius 2 is 2.20 bits per heavy atom. The summed E-state index contributed by atoms with van der Waals surface area (Å²) in [5.41, 5.74) is 0. The predicted octanol–water partition coefficient (Wildman–Crippen LogP) is 1.49. The van der Waals surface area contributed by atoms with Crippen molar-refractivity contribution < 1.29 is 4.74 Å². The first-order valence-corrected chi connectivity index (χ1v) is 6.41. The van der Waals surface area contributed by atoms with Crippen molar-refractivity contribution in [1.29, 1.82) is 0 Å². The third-order valence-corrected chi connectivity index (χ3v) is 3.11. The topological polar surface area (TPSA) is 24.5 Å². The van der Waals surface area contributed by atoms with E-state index in [0.717, 1.165) is 32.8 Å². The molecule has 0 saturated carbocycles. The van der Waals surface area contributed by atoms with Crippen molar-refractivity contribution in [3.05, 3.63) is 0 Å². The zero-order valence-corrected chi connectivity index (χ0v) is 10.3. The second-order valence-corrected chi connectivity index (χ2v) is 4.27. The summed E-state index contributed by atoms with van der Waals surface area (Å²) in [7, 11) is 0. The van der Waals surface area contributed by atoms with Gasteiger partial charge in [0.05, 0.1) is 6.61 Å². The lowest BCUT2D eigenvalue weighted by atomic mass is 10.1. The van der Waals surface area contributed by atoms with Crippen LogP contribution in [0.3, 0.4) is 0 Å². The van der Waals surface area contributed by atoms with Gasteiger partial charge in [-0.2, -0.15) is 0 Å². The van der Waals surface area contributed by atoms with Gasteiger partial charge in [0.25, 0.3) is 0 Å². The Hall–Kier alpha value is -0.120. The SMILES string of the molecule is CCCCOCCN1CCNCC1CC. The minimum absolute atomic E-state index is 0.716. The first-order chi connectivity index (χ1) is 7.38. The highest BCUT2D eigenvalue weighted by molar-refractivity contribution is 4.78. The number of rotatable bonds is 7. The molecule has 1 rings (SSSR count). The summed E-state index contributed by atoms with van der Waals surface area (Å²) in [6, 6.07) is 0.716. The molecule has 1 aliphatic rings. The Bertz CT molecular complexity index is 153. The van der Waals surface area contributed by atoms with Gasteiger partial charge in [-0.05, 0) is 12.8 Å². The van der Waals surface area contributed by atoms with Gasteiger partial charge in [-0.25, -0.2) is 0 Å². The highest BCUT2D eigenvalue weighted by Gasteiger charge is 2.19. The van der Waals surface area contributed by atoms with Crippen LogP contribution < -0.4 is 5.32 Å². The normalized spacial score (nSPS) is 23.2. The summed E-state index contributed by atoms with van der Waals surface area (Å²) < 4.78 is 5.61. The van der Waals surface area contributed by atoms with E-state index >= 15 is 0 Å². The molecule has 1 atom stereocenters. The smallest absolute Gasteiger partial charge is 0.0593 e. The number of nitrogens with one attached hydrogen (secondary N) is 1. The average molecular weight is 214 g/mol. The summed E-state index contributed by atoms with van der Waals surface area (Å²) in [6.07, 6.45) is 3.66. The van der Waals surface area contributed by atoms with Crippen molar-refractivity contribution >= 4 is 0 Å². The van der Waals surface area contributed by atoms with Crippen molar-refractivity contribution in [2.24, 2.45) is 0 Å². The maximum atomic E-state index is 5.61. The molecule has 1 aliphatic heterocycles. The molecule has 0 aliphatic carbocycles. The van der Waals surface area contributed by atoms with E-state index in [-0.39, 0.29) is 0 Å². The maximum Gasteiger partial charge on any atom is 0.0593 e. The van der Waals surface area contributed by atoms with Gasteiger partial charge in [0.2, 0.25) is 0 Å². The van der Waals surface area contributed by atoms with Gasteiger partial charge < -0.3 is 10.1 Å². The van der Waals surface area contributed by atoms with Gasteiger partial charge in [0, 0.05) is 38.8 Å². The third-order valence-electron chi connectivity index (χ3n) is 3.11. The molecule has 0 aromatic heterocycles. The standard InChI is InChI=1S/C12H26N2O/c1-3-5-9-15-10-8-14-7-6-13-11-12(14)4-2/h12-13H,3-11H2,1-2H3. The minimum atomic E-state index is 0.716. The molecule has 1 saturated heterocycles. The third kappa shape index (κ3) is 4.96. The van der Waals surface area contributed by atoms with Crippen molar-refractivity contribution in [1.82, 2.24) is 10.2 Å². The van der Waals surface area contributed by atoms with Crippen molar-refractivity contribution in [3.63, 3.8) is 0 Å². The van der Waals surface area contributed by atoms with Crippen LogP contribution in [0.5, 0.6) is 0 Å². The monoisotopic (exact) mass is 214 g/mol. The van der Waals surface area contributed by atoms with E-state index in [1.807, 2.05) is 0 Å². The van der Waals surface area contributed by atoms with E-state index < -0.39 is 0 Å². The second kappa shape index (κ2) is 8.08. The molecule has 90 valence electrons. The molecule has 0 aromatic rings. The zero-order chi connectivity index (χ0) is 10.9. The van der Waals surface area contributed by atoms with E-state index in [1.165, 1.54) is 25.8 Å². The maximum absolute atomic E-state index is 5.61. The van der Waals surface area contributed by atoms with Crippen LogP contribution in [0.15, 0.2) is 0 Å². The molecule has 1 fully saturated rings. The highest BCUT2D eigenvalue weighted by Crippen LogP contribution is 2.06. The molecule has 0 aromatic carbocycles. The molecule has 0 spiro atoms. The van der Waals surface area contributed by atoms with Crippen LogP contribution in [0, 0.1) is 0 Å². The Morgan fingerprint density at radius 3 is 2.93 bits per heavy atom. The van der Waals surface area contributed by atoms with Crippen LogP contribution in [0.2, 0.25) is 0 Å². The molecule has 3 heteroatoms. The Kier molecular flexibility index (Phi) is 6.98.